The van der Waals surface area contributed by atoms with Gasteiger partial charge in [-0.05, 0) is 80.0 Å². The lowest BCUT2D eigenvalue weighted by molar-refractivity contribution is -0.228. The SMILES string of the molecule is CCC(=O)O[C@]1(C(=O)SCF)CC[C@H]2[C@@H]3CCC4=Cc5c(cnn5-c5cccc(C(=O)CCC(N)=O)c5)C[C@]4(C)[C@@]3(F)[C@@H](O)C[C@@]21C. The van der Waals surface area contributed by atoms with Crippen molar-refractivity contribution < 1.29 is 37.8 Å². The molecular weight excluding hydrogens is 628 g/mol. The number of alkyl halides is 2. The van der Waals surface area contributed by atoms with Gasteiger partial charge in [0.05, 0.1) is 23.7 Å². The van der Waals surface area contributed by atoms with E-state index in [4.69, 9.17) is 10.5 Å². The maximum atomic E-state index is 18.1. The Kier molecular flexibility index (Phi) is 8.52. The smallest absolute Gasteiger partial charge is 0.306 e. The highest BCUT2D eigenvalue weighted by Crippen LogP contribution is 2.71. The van der Waals surface area contributed by atoms with Crippen molar-refractivity contribution in [3.63, 3.8) is 0 Å². The first-order valence-electron chi connectivity index (χ1n) is 16.3. The van der Waals surface area contributed by atoms with E-state index in [2.05, 4.69) is 5.10 Å². The van der Waals surface area contributed by atoms with Crippen molar-refractivity contribution in [1.82, 2.24) is 9.78 Å². The Morgan fingerprint density at radius 3 is 2.64 bits per heavy atom. The van der Waals surface area contributed by atoms with Crippen molar-refractivity contribution in [1.29, 1.82) is 0 Å². The number of Topliss-reactive ketones (excluding diaryl/α,β-unsaturated/α-hetero) is 1. The summed E-state index contributed by atoms with van der Waals surface area (Å²) >= 11 is 0.466. The predicted molar refractivity (Wildman–Crippen MR) is 172 cm³/mol. The molecule has 1 amide bonds. The minimum absolute atomic E-state index is 0.00548. The number of carbonyl (C=O) groups excluding carboxylic acids is 4. The van der Waals surface area contributed by atoms with Gasteiger partial charge >= 0.3 is 5.97 Å². The van der Waals surface area contributed by atoms with E-state index in [1.807, 2.05) is 19.1 Å². The molecule has 252 valence electrons. The lowest BCUT2D eigenvalue weighted by Gasteiger charge is -2.63. The van der Waals surface area contributed by atoms with Gasteiger partial charge in [-0.1, -0.05) is 38.5 Å². The van der Waals surface area contributed by atoms with Crippen LogP contribution in [0.5, 0.6) is 0 Å². The number of aliphatic hydroxyl groups is 1. The number of benzene rings is 1. The highest BCUT2D eigenvalue weighted by atomic mass is 32.2. The van der Waals surface area contributed by atoms with Crippen molar-refractivity contribution in [3.8, 4) is 5.69 Å². The number of esters is 1. The van der Waals surface area contributed by atoms with E-state index in [-0.39, 0.29) is 50.2 Å². The molecule has 9 nitrogen and oxygen atoms in total. The fourth-order valence-corrected chi connectivity index (χ4v) is 10.1. The zero-order chi connectivity index (χ0) is 33.9. The minimum Gasteiger partial charge on any atom is -0.449 e. The molecule has 2 aromatic rings. The van der Waals surface area contributed by atoms with E-state index < -0.39 is 57.1 Å². The van der Waals surface area contributed by atoms with Gasteiger partial charge in [0.2, 0.25) is 11.0 Å². The molecule has 1 aromatic carbocycles. The summed E-state index contributed by atoms with van der Waals surface area (Å²) in [6.45, 7) is 5.28. The number of nitrogens with zero attached hydrogens (tertiary/aromatic N) is 2. The van der Waals surface area contributed by atoms with Gasteiger partial charge in [0.25, 0.3) is 0 Å². The van der Waals surface area contributed by atoms with Crippen LogP contribution in [0.2, 0.25) is 0 Å². The highest BCUT2D eigenvalue weighted by Gasteiger charge is 2.76. The van der Waals surface area contributed by atoms with Crippen LogP contribution in [0.4, 0.5) is 8.78 Å². The van der Waals surface area contributed by atoms with Gasteiger partial charge in [-0.15, -0.1) is 0 Å². The Hall–Kier alpha value is -3.38. The second kappa shape index (κ2) is 11.9. The Labute approximate surface area is 276 Å². The zero-order valence-corrected chi connectivity index (χ0v) is 27.7. The summed E-state index contributed by atoms with van der Waals surface area (Å²) in [5.41, 5.74) is 2.88. The van der Waals surface area contributed by atoms with Crippen LogP contribution in [-0.2, 0) is 25.5 Å². The van der Waals surface area contributed by atoms with Crippen LogP contribution in [0.1, 0.15) is 93.8 Å². The molecule has 1 aromatic heterocycles. The summed E-state index contributed by atoms with van der Waals surface area (Å²) in [6.07, 6.45) is 3.91. The van der Waals surface area contributed by atoms with Gasteiger partial charge in [-0.25, -0.2) is 13.5 Å². The van der Waals surface area contributed by atoms with Crippen LogP contribution < -0.4 is 5.73 Å². The molecule has 3 N–H and O–H groups in total. The summed E-state index contributed by atoms with van der Waals surface area (Å²) in [5, 5.41) is 15.9. The number of fused-ring (bicyclic) bond motifs is 6. The van der Waals surface area contributed by atoms with E-state index in [0.29, 0.717) is 42.3 Å². The molecule has 0 radical (unpaired) electrons. The van der Waals surface area contributed by atoms with E-state index in [0.717, 1.165) is 16.8 Å². The Balaban J connectivity index is 1.34. The summed E-state index contributed by atoms with van der Waals surface area (Å²) < 4.78 is 39.2. The van der Waals surface area contributed by atoms with Crippen LogP contribution in [-0.4, -0.2) is 61.0 Å². The first-order chi connectivity index (χ1) is 22.3. The number of primary amides is 1. The van der Waals surface area contributed by atoms with Crippen molar-refractivity contribution >= 4 is 40.6 Å². The van der Waals surface area contributed by atoms with E-state index in [1.165, 1.54) is 0 Å². The van der Waals surface area contributed by atoms with Crippen LogP contribution in [0.3, 0.4) is 0 Å². The maximum Gasteiger partial charge on any atom is 0.306 e. The number of carbonyl (C=O) groups is 4. The third kappa shape index (κ3) is 4.91. The average molecular weight is 670 g/mol. The van der Waals surface area contributed by atoms with E-state index in [9.17, 15) is 28.7 Å². The Morgan fingerprint density at radius 2 is 1.94 bits per heavy atom. The topological polar surface area (TPSA) is 142 Å². The highest BCUT2D eigenvalue weighted by molar-refractivity contribution is 8.13. The van der Waals surface area contributed by atoms with Gasteiger partial charge in [-0.3, -0.25) is 19.2 Å². The lowest BCUT2D eigenvalue weighted by Crippen LogP contribution is -2.70. The standard InChI is InChI=1S/C35H41F2N3O6S/c1-4-30(44)46-34(31(45)47-19-36)13-12-24-25-9-8-22-15-26-21(16-32(22,2)35(25,37)28(42)17-33(24,34)3)18-39-40(26)23-7-5-6-20(14-23)27(41)10-11-29(38)43/h5-7,14-15,18,24-25,28,42H,4,8-13,16-17,19H2,1-3H3,(H2,38,43)/t24-,25-,28-,32-,33-,34-,35-/m0/s1. The van der Waals surface area contributed by atoms with Crippen molar-refractivity contribution in [2.75, 3.05) is 6.01 Å². The van der Waals surface area contributed by atoms with Crippen molar-refractivity contribution in [2.45, 2.75) is 95.9 Å². The minimum atomic E-state index is -2.05. The summed E-state index contributed by atoms with van der Waals surface area (Å²) in [4.78, 5) is 50.0. The van der Waals surface area contributed by atoms with E-state index >= 15 is 4.39 Å². The van der Waals surface area contributed by atoms with E-state index in [1.54, 1.807) is 42.9 Å². The fraction of sp³-hybridized carbons (Fsp3) is 0.571. The third-order valence-corrected chi connectivity index (χ3v) is 12.5. The first-order valence-corrected chi connectivity index (χ1v) is 17.3. The summed E-state index contributed by atoms with van der Waals surface area (Å²) in [5.74, 6) is -2.33. The van der Waals surface area contributed by atoms with Crippen molar-refractivity contribution in [2.24, 2.45) is 28.4 Å². The number of aliphatic hydroxyl groups excluding tert-OH is 1. The Bertz CT molecular complexity index is 1680. The van der Waals surface area contributed by atoms with Gasteiger partial charge < -0.3 is 15.6 Å². The van der Waals surface area contributed by atoms with Gasteiger partial charge in [0, 0.05) is 41.6 Å². The molecule has 0 unspecified atom stereocenters. The van der Waals surface area contributed by atoms with Crippen LogP contribution in [0.25, 0.3) is 11.8 Å². The maximum absolute atomic E-state index is 18.1. The first kappa shape index (κ1) is 33.5. The molecule has 0 bridgehead atoms. The number of allylic oxidation sites excluding steroid dienone is 1. The number of ether oxygens (including phenoxy) is 1. The lowest BCUT2D eigenvalue weighted by atomic mass is 9.44. The quantitative estimate of drug-likeness (QED) is 0.266. The number of halogens is 2. The normalized spacial score (nSPS) is 33.9. The molecule has 3 fully saturated rings. The molecule has 0 aliphatic heterocycles. The molecular formula is C35H41F2N3O6S. The second-order valence-electron chi connectivity index (χ2n) is 14.0. The van der Waals surface area contributed by atoms with Crippen molar-refractivity contribution in [3.05, 3.63) is 52.9 Å². The Morgan fingerprint density at radius 1 is 1.17 bits per heavy atom. The molecule has 4 aliphatic rings. The predicted octanol–water partition coefficient (Wildman–Crippen LogP) is 5.44. The molecule has 1 heterocycles. The third-order valence-electron chi connectivity index (χ3n) is 11.8. The van der Waals surface area contributed by atoms with Gasteiger partial charge in [0.1, 0.15) is 11.7 Å². The van der Waals surface area contributed by atoms with Crippen LogP contribution in [0, 0.1) is 22.7 Å². The summed E-state index contributed by atoms with van der Waals surface area (Å²) in [7, 11) is 0. The molecule has 4 aliphatic carbocycles. The molecule has 6 rings (SSSR count). The van der Waals surface area contributed by atoms with Crippen LogP contribution >= 0.6 is 11.8 Å². The fourth-order valence-electron chi connectivity index (χ4n) is 9.42. The molecule has 47 heavy (non-hydrogen) atoms. The zero-order valence-electron chi connectivity index (χ0n) is 26.9. The molecule has 7 atom stereocenters. The number of rotatable bonds is 9. The number of hydrogen-bond donors (Lipinski definition) is 2. The molecule has 0 spiro atoms. The number of ketones is 1. The van der Waals surface area contributed by atoms with Crippen LogP contribution in [0.15, 0.2) is 36.0 Å². The molecule has 12 heteroatoms. The number of aromatic nitrogens is 2. The average Bonchev–Trinajstić information content (AvgIpc) is 3.57. The number of nitrogens with two attached hydrogens (primary N) is 1. The number of amides is 1. The molecule has 3 saturated carbocycles. The summed E-state index contributed by atoms with van der Waals surface area (Å²) in [6, 6.07) is 5.98. The van der Waals surface area contributed by atoms with Gasteiger partial charge in [0.15, 0.2) is 11.4 Å². The molecule has 0 saturated heterocycles. The monoisotopic (exact) mass is 669 g/mol. The largest absolute Gasteiger partial charge is 0.449 e. The van der Waals surface area contributed by atoms with Gasteiger partial charge in [-0.2, -0.15) is 5.10 Å². The number of thioether (sulfide) groups is 1. The second-order valence-corrected chi connectivity index (χ2v) is 14.9. The number of hydrogen-bond acceptors (Lipinski definition) is 8.